The van der Waals surface area contributed by atoms with E-state index < -0.39 is 11.9 Å². The fraction of sp³-hybridized carbons (Fsp3) is 0.700. The van der Waals surface area contributed by atoms with Crippen molar-refractivity contribution in [2.45, 2.75) is 31.9 Å². The lowest BCUT2D eigenvalue weighted by Crippen LogP contribution is -2.26. The summed E-state index contributed by atoms with van der Waals surface area (Å²) < 4.78 is 48.6. The van der Waals surface area contributed by atoms with Gasteiger partial charge in [-0.2, -0.15) is 18.3 Å². The highest BCUT2D eigenvalue weighted by Gasteiger charge is 2.33. The van der Waals surface area contributed by atoms with E-state index in [2.05, 4.69) is 5.10 Å². The van der Waals surface area contributed by atoms with Crippen molar-refractivity contribution in [1.82, 2.24) is 9.78 Å². The first kappa shape index (κ1) is 12.4. The summed E-state index contributed by atoms with van der Waals surface area (Å²) in [6, 6.07) is 0.961. The Kier molecular flexibility index (Phi) is 3.68. The molecule has 17 heavy (non-hydrogen) atoms. The van der Waals surface area contributed by atoms with Crippen LogP contribution in [0.4, 0.5) is 13.2 Å². The van der Waals surface area contributed by atoms with Gasteiger partial charge in [-0.3, -0.25) is 4.68 Å². The highest BCUT2D eigenvalue weighted by Crippen LogP contribution is 2.27. The molecule has 0 radical (unpaired) electrons. The fourth-order valence-corrected chi connectivity index (χ4v) is 1.58. The first-order valence-corrected chi connectivity index (χ1v) is 5.39. The summed E-state index contributed by atoms with van der Waals surface area (Å²) in [4.78, 5) is 0. The van der Waals surface area contributed by atoms with Crippen molar-refractivity contribution in [1.29, 1.82) is 0 Å². The lowest BCUT2D eigenvalue weighted by molar-refractivity contribution is -0.182. The maximum Gasteiger partial charge on any atom is 0.435 e. The van der Waals surface area contributed by atoms with Crippen LogP contribution in [0.2, 0.25) is 0 Å². The predicted octanol–water partition coefficient (Wildman–Crippen LogP) is 2.05. The van der Waals surface area contributed by atoms with Crippen molar-refractivity contribution in [2.24, 2.45) is 0 Å². The lowest BCUT2D eigenvalue weighted by Gasteiger charge is -2.22. The number of alkyl halides is 3. The van der Waals surface area contributed by atoms with Gasteiger partial charge in [-0.15, -0.1) is 0 Å². The second-order valence-electron chi connectivity index (χ2n) is 3.78. The van der Waals surface area contributed by atoms with Crippen molar-refractivity contribution in [3.05, 3.63) is 18.0 Å². The van der Waals surface area contributed by atoms with Crippen molar-refractivity contribution < 1.29 is 22.6 Å². The Balaban J connectivity index is 1.84. The number of aromatic nitrogens is 2. The van der Waals surface area contributed by atoms with Crippen LogP contribution in [0.25, 0.3) is 0 Å². The van der Waals surface area contributed by atoms with Crippen LogP contribution in [0.1, 0.15) is 18.5 Å². The predicted molar refractivity (Wildman–Crippen MR) is 52.2 cm³/mol. The molecule has 2 heterocycles. The van der Waals surface area contributed by atoms with Gasteiger partial charge in [0.1, 0.15) is 0 Å². The quantitative estimate of drug-likeness (QED) is 0.823. The average molecular weight is 250 g/mol. The largest absolute Gasteiger partial charge is 0.435 e. The second-order valence-corrected chi connectivity index (χ2v) is 3.78. The van der Waals surface area contributed by atoms with Crippen LogP contribution < -0.4 is 0 Å². The van der Waals surface area contributed by atoms with Crippen LogP contribution in [0.5, 0.6) is 0 Å². The van der Waals surface area contributed by atoms with Crippen LogP contribution >= 0.6 is 0 Å². The summed E-state index contributed by atoms with van der Waals surface area (Å²) >= 11 is 0. The second kappa shape index (κ2) is 5.05. The monoisotopic (exact) mass is 250 g/mol. The third-order valence-electron chi connectivity index (χ3n) is 2.42. The van der Waals surface area contributed by atoms with Crippen molar-refractivity contribution in [3.8, 4) is 0 Å². The Labute approximate surface area is 96.3 Å². The molecule has 1 aromatic heterocycles. The molecule has 0 saturated carbocycles. The Hall–Kier alpha value is -1.08. The molecule has 0 aromatic carbocycles. The lowest BCUT2D eigenvalue weighted by atomic mass is 10.3. The first-order chi connectivity index (χ1) is 8.05. The van der Waals surface area contributed by atoms with Gasteiger partial charge >= 0.3 is 6.18 Å². The summed E-state index contributed by atoms with van der Waals surface area (Å²) in [5.74, 6) is 0. The zero-order valence-corrected chi connectivity index (χ0v) is 9.11. The number of hydrogen-bond donors (Lipinski definition) is 0. The summed E-state index contributed by atoms with van der Waals surface area (Å²) in [5.41, 5.74) is -0.872. The van der Waals surface area contributed by atoms with Crippen LogP contribution in [0, 0.1) is 0 Å². The summed E-state index contributed by atoms with van der Waals surface area (Å²) in [7, 11) is 0. The molecule has 1 fully saturated rings. The number of aryl methyl sites for hydroxylation is 1. The van der Waals surface area contributed by atoms with Gasteiger partial charge < -0.3 is 9.47 Å². The smallest absolute Gasteiger partial charge is 0.353 e. The number of nitrogens with zero attached hydrogens (tertiary/aromatic N) is 2. The summed E-state index contributed by atoms with van der Waals surface area (Å²) in [6.45, 7) is 1.62. The number of rotatable bonds is 3. The van der Waals surface area contributed by atoms with E-state index in [0.29, 0.717) is 26.2 Å². The minimum absolute atomic E-state index is 0.331. The highest BCUT2D eigenvalue weighted by molar-refractivity contribution is 5.03. The molecule has 2 rings (SSSR count). The van der Waals surface area contributed by atoms with E-state index in [1.807, 2.05) is 0 Å². The molecule has 1 saturated heterocycles. The average Bonchev–Trinajstić information content (AvgIpc) is 2.76. The van der Waals surface area contributed by atoms with Crippen LogP contribution in [0.3, 0.4) is 0 Å². The summed E-state index contributed by atoms with van der Waals surface area (Å²) in [6.07, 6.45) is -2.05. The van der Waals surface area contributed by atoms with E-state index in [0.717, 1.165) is 12.5 Å². The van der Waals surface area contributed by atoms with Crippen molar-refractivity contribution >= 4 is 0 Å². The molecule has 0 unspecified atom stereocenters. The van der Waals surface area contributed by atoms with Gasteiger partial charge in [0.15, 0.2) is 12.0 Å². The van der Waals surface area contributed by atoms with E-state index in [1.54, 1.807) is 0 Å². The molecule has 1 aromatic rings. The maximum absolute atomic E-state index is 12.3. The standard InChI is InChI=1S/C10H13F3N2O2/c11-10(12,13)8-2-4-15(14-8)5-3-9-16-6-1-7-17-9/h2,4,9H,1,3,5-7H2. The molecule has 0 spiro atoms. The first-order valence-electron chi connectivity index (χ1n) is 5.39. The van der Waals surface area contributed by atoms with Gasteiger partial charge in [0.25, 0.3) is 0 Å². The minimum atomic E-state index is -4.39. The molecule has 7 heteroatoms. The highest BCUT2D eigenvalue weighted by atomic mass is 19.4. The van der Waals surface area contributed by atoms with Gasteiger partial charge in [-0.25, -0.2) is 0 Å². The van der Waals surface area contributed by atoms with Crippen LogP contribution in [-0.2, 0) is 22.2 Å². The zero-order chi connectivity index (χ0) is 12.3. The molecule has 0 bridgehead atoms. The van der Waals surface area contributed by atoms with Gasteiger partial charge in [0, 0.05) is 19.2 Å². The normalized spacial score (nSPS) is 18.5. The van der Waals surface area contributed by atoms with E-state index in [1.165, 1.54) is 10.9 Å². The van der Waals surface area contributed by atoms with Crippen molar-refractivity contribution in [3.63, 3.8) is 0 Å². The van der Waals surface area contributed by atoms with E-state index >= 15 is 0 Å². The fourth-order valence-electron chi connectivity index (χ4n) is 1.58. The van der Waals surface area contributed by atoms with Gasteiger partial charge in [-0.05, 0) is 12.5 Å². The van der Waals surface area contributed by atoms with E-state index in [4.69, 9.17) is 9.47 Å². The van der Waals surface area contributed by atoms with Crippen LogP contribution in [0.15, 0.2) is 12.3 Å². The molecular formula is C10H13F3N2O2. The zero-order valence-electron chi connectivity index (χ0n) is 9.11. The Morgan fingerprint density at radius 1 is 1.35 bits per heavy atom. The Bertz CT molecular complexity index is 359. The molecule has 1 aliphatic rings. The third-order valence-corrected chi connectivity index (χ3v) is 2.42. The van der Waals surface area contributed by atoms with Crippen LogP contribution in [-0.4, -0.2) is 29.3 Å². The molecule has 0 atom stereocenters. The molecule has 0 N–H and O–H groups in total. The molecule has 4 nitrogen and oxygen atoms in total. The number of ether oxygens (including phenoxy) is 2. The molecule has 96 valence electrons. The molecular weight excluding hydrogens is 237 g/mol. The van der Waals surface area contributed by atoms with Gasteiger partial charge in [0.05, 0.1) is 13.2 Å². The molecule has 0 aliphatic carbocycles. The number of halogens is 3. The van der Waals surface area contributed by atoms with Gasteiger partial charge in [0.2, 0.25) is 0 Å². The van der Waals surface area contributed by atoms with E-state index in [-0.39, 0.29) is 6.29 Å². The molecule has 1 aliphatic heterocycles. The Morgan fingerprint density at radius 2 is 2.06 bits per heavy atom. The van der Waals surface area contributed by atoms with Gasteiger partial charge in [-0.1, -0.05) is 0 Å². The summed E-state index contributed by atoms with van der Waals surface area (Å²) in [5, 5.41) is 3.45. The van der Waals surface area contributed by atoms with Crippen molar-refractivity contribution in [2.75, 3.05) is 13.2 Å². The topological polar surface area (TPSA) is 36.3 Å². The molecule has 0 amide bonds. The van der Waals surface area contributed by atoms with E-state index in [9.17, 15) is 13.2 Å². The Morgan fingerprint density at radius 3 is 2.65 bits per heavy atom. The number of hydrogen-bond acceptors (Lipinski definition) is 3. The SMILES string of the molecule is FC(F)(F)c1ccn(CCC2OCCCO2)n1. The maximum atomic E-state index is 12.3. The minimum Gasteiger partial charge on any atom is -0.353 e. The third kappa shape index (κ3) is 3.44.